The number of carbonyl (C=O) groups is 6. The van der Waals surface area contributed by atoms with Crippen molar-refractivity contribution >= 4 is 78.5 Å². The number of ether oxygens (including phenoxy) is 4. The van der Waals surface area contributed by atoms with Crippen molar-refractivity contribution in [2.45, 2.75) is 27.7 Å². The Hall–Kier alpha value is -6.42. The lowest BCUT2D eigenvalue weighted by Crippen LogP contribution is -2.23. The minimum Gasteiger partial charge on any atom is -0.425 e. The van der Waals surface area contributed by atoms with Gasteiger partial charge in [-0.05, 0) is 0 Å². The van der Waals surface area contributed by atoms with Gasteiger partial charge in [-0.25, -0.2) is 0 Å². The Balaban J connectivity index is 1.94. The van der Waals surface area contributed by atoms with E-state index in [9.17, 15) is 28.8 Å². The Morgan fingerprint density at radius 1 is 0.396 bits per heavy atom. The summed E-state index contributed by atoms with van der Waals surface area (Å²) in [6, 6.07) is 19.4. The molecule has 48 heavy (non-hydrogen) atoms. The topological polar surface area (TPSA) is 139 Å². The second kappa shape index (κ2) is 11.1. The maximum absolute atomic E-state index is 14.7. The smallest absolute Gasteiger partial charge is 0.308 e. The lowest BCUT2D eigenvalue weighted by atomic mass is 9.77. The molecule has 10 heteroatoms. The summed E-state index contributed by atoms with van der Waals surface area (Å²) in [4.78, 5) is 80.3. The molecule has 0 saturated heterocycles. The van der Waals surface area contributed by atoms with Crippen molar-refractivity contribution in [3.63, 3.8) is 0 Å². The average Bonchev–Trinajstić information content (AvgIpc) is 3.05. The van der Waals surface area contributed by atoms with Crippen molar-refractivity contribution in [1.29, 1.82) is 0 Å². The van der Waals surface area contributed by atoms with Crippen LogP contribution in [0.25, 0.3) is 43.1 Å². The monoisotopic (exact) mass is 640 g/mol. The summed E-state index contributed by atoms with van der Waals surface area (Å²) in [6.45, 7) is 4.76. The van der Waals surface area contributed by atoms with Gasteiger partial charge in [-0.3, -0.25) is 28.8 Å². The van der Waals surface area contributed by atoms with Crippen LogP contribution in [0.2, 0.25) is 0 Å². The van der Waals surface area contributed by atoms with Crippen molar-refractivity contribution in [2.75, 3.05) is 0 Å². The van der Waals surface area contributed by atoms with Gasteiger partial charge in [0.25, 0.3) is 0 Å². The minimum atomic E-state index is -0.732. The van der Waals surface area contributed by atoms with Crippen LogP contribution in [0.4, 0.5) is 0 Å². The summed E-state index contributed by atoms with van der Waals surface area (Å²) in [5.41, 5.74) is -0.175. The normalized spacial score (nSPS) is 12.2. The Morgan fingerprint density at radius 2 is 0.646 bits per heavy atom. The van der Waals surface area contributed by atoms with Crippen LogP contribution in [0.15, 0.2) is 72.8 Å². The molecule has 1 aliphatic rings. The third-order valence-electron chi connectivity index (χ3n) is 8.09. The zero-order chi connectivity index (χ0) is 34.0. The van der Waals surface area contributed by atoms with E-state index in [-0.39, 0.29) is 66.8 Å². The van der Waals surface area contributed by atoms with E-state index in [1.165, 1.54) is 39.8 Å². The van der Waals surface area contributed by atoms with Crippen molar-refractivity contribution < 1.29 is 47.7 Å². The van der Waals surface area contributed by atoms with Gasteiger partial charge in [0.05, 0.1) is 0 Å². The molecule has 0 N–H and O–H groups in total. The van der Waals surface area contributed by atoms with Crippen LogP contribution < -0.4 is 18.9 Å². The van der Waals surface area contributed by atoms with E-state index in [1.54, 1.807) is 60.7 Å². The summed E-state index contributed by atoms with van der Waals surface area (Å²) in [5.74, 6) is -4.40. The molecule has 0 heterocycles. The predicted octanol–water partition coefficient (Wildman–Crippen LogP) is 6.78. The van der Waals surface area contributed by atoms with E-state index in [1.807, 2.05) is 0 Å². The molecule has 0 aromatic heterocycles. The molecule has 0 saturated carbocycles. The fourth-order valence-corrected chi connectivity index (χ4v) is 6.56. The number of esters is 4. The van der Waals surface area contributed by atoms with Crippen LogP contribution in [0, 0.1) is 0 Å². The highest BCUT2D eigenvalue weighted by molar-refractivity contribution is 6.42. The number of fused-ring (bicyclic) bond motifs is 9. The number of benzene rings is 6. The molecular weight excluding hydrogens is 616 g/mol. The quantitative estimate of drug-likeness (QED) is 0.0876. The van der Waals surface area contributed by atoms with Gasteiger partial charge in [-0.1, -0.05) is 72.8 Å². The van der Waals surface area contributed by atoms with E-state index in [2.05, 4.69) is 0 Å². The highest BCUT2D eigenvalue weighted by Gasteiger charge is 2.39. The van der Waals surface area contributed by atoms with Crippen LogP contribution in [-0.2, 0) is 19.2 Å². The number of ketones is 2. The summed E-state index contributed by atoms with van der Waals surface area (Å²) in [6.07, 6.45) is 0. The Morgan fingerprint density at radius 3 is 0.917 bits per heavy atom. The first-order chi connectivity index (χ1) is 23.0. The predicted molar refractivity (Wildman–Crippen MR) is 175 cm³/mol. The van der Waals surface area contributed by atoms with Gasteiger partial charge in [0.15, 0.2) is 11.6 Å². The molecule has 0 fully saturated rings. The molecule has 10 nitrogen and oxygen atoms in total. The highest BCUT2D eigenvalue weighted by atomic mass is 16.5. The first-order valence-corrected chi connectivity index (χ1v) is 14.8. The van der Waals surface area contributed by atoms with Crippen LogP contribution in [0.5, 0.6) is 23.0 Å². The molecule has 0 radical (unpaired) electrons. The molecule has 0 bridgehead atoms. The third-order valence-corrected chi connectivity index (χ3v) is 8.09. The molecule has 7 rings (SSSR count). The minimum absolute atomic E-state index is 0.0184. The fraction of sp³-hybridized carbons (Fsp3) is 0.105. The van der Waals surface area contributed by atoms with Gasteiger partial charge in [-0.15, -0.1) is 0 Å². The number of hydrogen-bond donors (Lipinski definition) is 0. The molecule has 0 spiro atoms. The zero-order valence-electron chi connectivity index (χ0n) is 26.0. The van der Waals surface area contributed by atoms with Crippen molar-refractivity contribution in [1.82, 2.24) is 0 Å². The van der Waals surface area contributed by atoms with E-state index < -0.39 is 35.4 Å². The molecule has 0 unspecified atom stereocenters. The highest BCUT2D eigenvalue weighted by Crippen LogP contribution is 2.56. The standard InChI is InChI=1S/C38H24O10/c1-17(39)45-35-23-13-7-9-15-25(23)37(47-19(3)41)31-29(35)27-28(34(44)22-12-6-5-11-21(22)33(27)43)30-32(31)38(48-20(4)42)26-16-10-8-14-24(26)36(30)46-18(2)40/h5-16H,1-4H3. The first kappa shape index (κ1) is 30.2. The average molecular weight is 641 g/mol. The van der Waals surface area contributed by atoms with Crippen LogP contribution >= 0.6 is 0 Å². The maximum Gasteiger partial charge on any atom is 0.308 e. The Kier molecular flexibility index (Phi) is 7.01. The van der Waals surface area contributed by atoms with Gasteiger partial charge in [-0.2, -0.15) is 0 Å². The van der Waals surface area contributed by atoms with Crippen molar-refractivity contribution in [3.8, 4) is 23.0 Å². The molecular formula is C38H24O10. The lowest BCUT2D eigenvalue weighted by molar-refractivity contribution is -0.132. The van der Waals surface area contributed by atoms with Crippen LogP contribution in [0.1, 0.15) is 59.5 Å². The van der Waals surface area contributed by atoms with Crippen molar-refractivity contribution in [2.24, 2.45) is 0 Å². The largest absolute Gasteiger partial charge is 0.425 e. The fourth-order valence-electron chi connectivity index (χ4n) is 6.56. The third kappa shape index (κ3) is 4.49. The second-order valence-electron chi connectivity index (χ2n) is 11.2. The van der Waals surface area contributed by atoms with E-state index in [0.29, 0.717) is 21.5 Å². The van der Waals surface area contributed by atoms with Gasteiger partial charge >= 0.3 is 23.9 Å². The molecule has 236 valence electrons. The molecule has 0 atom stereocenters. The number of rotatable bonds is 4. The van der Waals surface area contributed by atoms with E-state index >= 15 is 0 Å². The van der Waals surface area contributed by atoms with Gasteiger partial charge in [0, 0.05) is 93.0 Å². The van der Waals surface area contributed by atoms with Crippen LogP contribution in [-0.4, -0.2) is 35.4 Å². The second-order valence-corrected chi connectivity index (χ2v) is 11.2. The molecule has 6 aromatic carbocycles. The number of hydrogen-bond acceptors (Lipinski definition) is 10. The zero-order valence-corrected chi connectivity index (χ0v) is 26.0. The van der Waals surface area contributed by atoms with E-state index in [0.717, 1.165) is 0 Å². The first-order valence-electron chi connectivity index (χ1n) is 14.8. The van der Waals surface area contributed by atoms with Gasteiger partial charge in [0.2, 0.25) is 0 Å². The summed E-state index contributed by atoms with van der Waals surface area (Å²) < 4.78 is 23.5. The van der Waals surface area contributed by atoms with Gasteiger partial charge in [0.1, 0.15) is 23.0 Å². The lowest BCUT2D eigenvalue weighted by Gasteiger charge is -2.27. The number of carbonyl (C=O) groups excluding carboxylic acids is 6. The summed E-state index contributed by atoms with van der Waals surface area (Å²) in [5, 5.41) is 1.18. The van der Waals surface area contributed by atoms with Crippen molar-refractivity contribution in [3.05, 3.63) is 95.1 Å². The van der Waals surface area contributed by atoms with Gasteiger partial charge < -0.3 is 18.9 Å². The molecule has 1 aliphatic carbocycles. The molecule has 6 aromatic rings. The molecule has 0 amide bonds. The summed E-state index contributed by atoms with van der Waals surface area (Å²) in [7, 11) is 0. The SMILES string of the molecule is CC(=O)Oc1c2ccccc2c(OC(C)=O)c2c1c1c(c3c(OC(C)=O)c4ccccc4c(OC(C)=O)c32)C(=O)c2ccccc2C1=O. The maximum atomic E-state index is 14.7. The Labute approximate surface area is 271 Å². The molecule has 0 aliphatic heterocycles. The van der Waals surface area contributed by atoms with Crippen LogP contribution in [0.3, 0.4) is 0 Å². The Bertz CT molecular complexity index is 2330. The summed E-state index contributed by atoms with van der Waals surface area (Å²) >= 11 is 0. The van der Waals surface area contributed by atoms with E-state index in [4.69, 9.17) is 18.9 Å².